The van der Waals surface area contributed by atoms with Crippen molar-refractivity contribution in [3.8, 4) is 0 Å². The van der Waals surface area contributed by atoms with E-state index in [1.165, 1.54) is 5.01 Å². The fraction of sp³-hybridized carbons (Fsp3) is 0.471. The standard InChI is InChI=1S/C17H22N4O3/c1-17(2,3)24-15(22)13-10-11-20-16(23)19(4)18-14(21(13)20)12-8-6-5-7-9-12/h5-9,13H,10-11H2,1-4H3. The molecule has 24 heavy (non-hydrogen) atoms. The van der Waals surface area contributed by atoms with Crippen molar-refractivity contribution in [3.05, 3.63) is 35.9 Å². The SMILES string of the molecule is CN1N=C(c2ccccc2)N2C(C(=O)OC(C)(C)C)CCN2C1=O. The summed E-state index contributed by atoms with van der Waals surface area (Å²) in [6, 6.07) is 8.72. The van der Waals surface area contributed by atoms with E-state index in [9.17, 15) is 9.59 Å². The van der Waals surface area contributed by atoms with Gasteiger partial charge in [0, 0.05) is 25.6 Å². The number of benzene rings is 1. The van der Waals surface area contributed by atoms with E-state index in [0.29, 0.717) is 18.8 Å². The molecule has 1 atom stereocenters. The van der Waals surface area contributed by atoms with E-state index in [2.05, 4.69) is 5.10 Å². The van der Waals surface area contributed by atoms with Crippen LogP contribution in [0.3, 0.4) is 0 Å². The van der Waals surface area contributed by atoms with E-state index >= 15 is 0 Å². The second-order valence-electron chi connectivity index (χ2n) is 6.90. The van der Waals surface area contributed by atoms with Crippen molar-refractivity contribution in [3.63, 3.8) is 0 Å². The lowest BCUT2D eigenvalue weighted by atomic mass is 10.1. The minimum atomic E-state index is -0.578. The zero-order valence-electron chi connectivity index (χ0n) is 14.4. The van der Waals surface area contributed by atoms with Crippen LogP contribution in [0.1, 0.15) is 32.8 Å². The van der Waals surface area contributed by atoms with Crippen LogP contribution in [0, 0.1) is 0 Å². The first-order valence-electron chi connectivity index (χ1n) is 7.99. The van der Waals surface area contributed by atoms with Crippen molar-refractivity contribution in [1.29, 1.82) is 0 Å². The number of rotatable bonds is 2. The molecule has 1 aromatic rings. The summed E-state index contributed by atoms with van der Waals surface area (Å²) in [5.41, 5.74) is 0.266. The fourth-order valence-corrected chi connectivity index (χ4v) is 2.86. The highest BCUT2D eigenvalue weighted by Crippen LogP contribution is 2.28. The van der Waals surface area contributed by atoms with Gasteiger partial charge in [0.1, 0.15) is 5.60 Å². The minimum absolute atomic E-state index is 0.249. The zero-order chi connectivity index (χ0) is 17.5. The molecule has 2 amide bonds. The van der Waals surface area contributed by atoms with Crippen LogP contribution < -0.4 is 0 Å². The van der Waals surface area contributed by atoms with Crippen LogP contribution in [0.25, 0.3) is 0 Å². The van der Waals surface area contributed by atoms with Crippen molar-refractivity contribution in [1.82, 2.24) is 15.0 Å². The lowest BCUT2D eigenvalue weighted by Crippen LogP contribution is -2.57. The normalized spacial score (nSPS) is 20.8. The van der Waals surface area contributed by atoms with Crippen LogP contribution in [-0.4, -0.2) is 58.1 Å². The monoisotopic (exact) mass is 330 g/mol. The Labute approximate surface area is 141 Å². The van der Waals surface area contributed by atoms with Crippen molar-refractivity contribution < 1.29 is 14.3 Å². The Morgan fingerprint density at radius 3 is 2.54 bits per heavy atom. The highest BCUT2D eigenvalue weighted by Gasteiger charge is 2.46. The second-order valence-corrected chi connectivity index (χ2v) is 6.90. The van der Waals surface area contributed by atoms with E-state index in [1.54, 1.807) is 17.1 Å². The summed E-state index contributed by atoms with van der Waals surface area (Å²) in [4.78, 5) is 25.0. The van der Waals surface area contributed by atoms with E-state index in [4.69, 9.17) is 4.74 Å². The first kappa shape index (κ1) is 16.3. The number of hydrogen-bond acceptors (Lipinski definition) is 5. The van der Waals surface area contributed by atoms with Crippen LogP contribution in [0.4, 0.5) is 4.79 Å². The Morgan fingerprint density at radius 2 is 1.92 bits per heavy atom. The summed E-state index contributed by atoms with van der Waals surface area (Å²) >= 11 is 0. The van der Waals surface area contributed by atoms with Crippen molar-refractivity contribution in [2.45, 2.75) is 38.8 Å². The molecule has 3 rings (SSSR count). The third-order valence-electron chi connectivity index (χ3n) is 3.84. The summed E-state index contributed by atoms with van der Waals surface area (Å²) in [5, 5.41) is 8.92. The molecule has 7 nitrogen and oxygen atoms in total. The van der Waals surface area contributed by atoms with Gasteiger partial charge in [-0.15, -0.1) is 5.10 Å². The smallest absolute Gasteiger partial charge is 0.359 e. The molecule has 0 aromatic heterocycles. The number of hydrogen-bond donors (Lipinski definition) is 0. The molecular weight excluding hydrogens is 308 g/mol. The number of amides is 2. The maximum atomic E-state index is 12.6. The Hall–Kier alpha value is -2.57. The van der Waals surface area contributed by atoms with Gasteiger partial charge in [0.05, 0.1) is 0 Å². The summed E-state index contributed by atoms with van der Waals surface area (Å²) in [5.74, 6) is 0.233. The van der Waals surface area contributed by atoms with Gasteiger partial charge in [-0.1, -0.05) is 30.3 Å². The van der Waals surface area contributed by atoms with E-state index in [0.717, 1.165) is 5.56 Å². The van der Waals surface area contributed by atoms with Gasteiger partial charge in [0.2, 0.25) is 0 Å². The van der Waals surface area contributed by atoms with Gasteiger partial charge >= 0.3 is 12.0 Å². The third kappa shape index (κ3) is 2.93. The summed E-state index contributed by atoms with van der Waals surface area (Å²) in [6.45, 7) is 5.95. The van der Waals surface area contributed by atoms with Crippen LogP contribution >= 0.6 is 0 Å². The number of esters is 1. The number of hydrazine groups is 1. The number of carbonyl (C=O) groups is 2. The Bertz CT molecular complexity index is 681. The molecule has 2 heterocycles. The van der Waals surface area contributed by atoms with Gasteiger partial charge in [-0.3, -0.25) is 0 Å². The van der Waals surface area contributed by atoms with Crippen LogP contribution in [0.5, 0.6) is 0 Å². The molecule has 1 saturated heterocycles. The van der Waals surface area contributed by atoms with E-state index in [-0.39, 0.29) is 12.0 Å². The number of carbonyl (C=O) groups excluding carboxylic acids is 2. The van der Waals surface area contributed by atoms with Gasteiger partial charge in [-0.2, -0.15) is 0 Å². The molecule has 0 spiro atoms. The third-order valence-corrected chi connectivity index (χ3v) is 3.84. The highest BCUT2D eigenvalue weighted by molar-refractivity contribution is 6.03. The molecule has 0 N–H and O–H groups in total. The summed E-state index contributed by atoms with van der Waals surface area (Å²) < 4.78 is 5.53. The summed E-state index contributed by atoms with van der Waals surface area (Å²) in [7, 11) is 1.61. The highest BCUT2D eigenvalue weighted by atomic mass is 16.6. The largest absolute Gasteiger partial charge is 0.458 e. The predicted octanol–water partition coefficient (Wildman–Crippen LogP) is 2.05. The van der Waals surface area contributed by atoms with Gasteiger partial charge in [-0.05, 0) is 20.8 Å². The number of fused-ring (bicyclic) bond motifs is 1. The molecule has 7 heteroatoms. The second kappa shape index (κ2) is 5.81. The predicted molar refractivity (Wildman–Crippen MR) is 88.9 cm³/mol. The fourth-order valence-electron chi connectivity index (χ4n) is 2.86. The maximum absolute atomic E-state index is 12.6. The molecule has 2 aliphatic rings. The number of nitrogens with zero attached hydrogens (tertiary/aromatic N) is 4. The number of urea groups is 1. The molecule has 1 unspecified atom stereocenters. The van der Waals surface area contributed by atoms with Gasteiger partial charge < -0.3 is 4.74 Å². The van der Waals surface area contributed by atoms with E-state index < -0.39 is 11.6 Å². The molecular formula is C17H22N4O3. The number of amidine groups is 1. The number of hydrazone groups is 1. The minimum Gasteiger partial charge on any atom is -0.458 e. The average Bonchev–Trinajstić information content (AvgIpc) is 2.95. The average molecular weight is 330 g/mol. The Morgan fingerprint density at radius 1 is 1.25 bits per heavy atom. The molecule has 1 fully saturated rings. The zero-order valence-corrected chi connectivity index (χ0v) is 14.4. The van der Waals surface area contributed by atoms with Crippen molar-refractivity contribution >= 4 is 17.8 Å². The maximum Gasteiger partial charge on any atom is 0.359 e. The quantitative estimate of drug-likeness (QED) is 0.779. The molecule has 0 aliphatic carbocycles. The van der Waals surface area contributed by atoms with Gasteiger partial charge in [0.25, 0.3) is 0 Å². The van der Waals surface area contributed by atoms with Crippen molar-refractivity contribution in [2.75, 3.05) is 13.6 Å². The molecule has 1 aromatic carbocycles. The van der Waals surface area contributed by atoms with Gasteiger partial charge in [0.15, 0.2) is 11.9 Å². The first-order valence-corrected chi connectivity index (χ1v) is 7.99. The van der Waals surface area contributed by atoms with Gasteiger partial charge in [-0.25, -0.2) is 24.6 Å². The molecule has 2 aliphatic heterocycles. The van der Waals surface area contributed by atoms with E-state index in [1.807, 2.05) is 51.1 Å². The van der Waals surface area contributed by atoms with Crippen molar-refractivity contribution in [2.24, 2.45) is 5.10 Å². The Kier molecular flexibility index (Phi) is 3.95. The molecule has 0 saturated carbocycles. The lowest BCUT2D eigenvalue weighted by molar-refractivity contribution is -0.161. The molecule has 0 radical (unpaired) electrons. The topological polar surface area (TPSA) is 65.5 Å². The lowest BCUT2D eigenvalue weighted by Gasteiger charge is -2.39. The molecule has 0 bridgehead atoms. The van der Waals surface area contributed by atoms with Crippen LogP contribution in [-0.2, 0) is 9.53 Å². The van der Waals surface area contributed by atoms with Crippen LogP contribution in [0.2, 0.25) is 0 Å². The number of ether oxygens (including phenoxy) is 1. The van der Waals surface area contributed by atoms with Crippen LogP contribution in [0.15, 0.2) is 35.4 Å². The summed E-state index contributed by atoms with van der Waals surface area (Å²) in [6.07, 6.45) is 0.514. The molecule has 128 valence electrons. The Balaban J connectivity index is 1.97. The first-order chi connectivity index (χ1) is 11.3.